The van der Waals surface area contributed by atoms with E-state index in [9.17, 15) is 0 Å². The van der Waals surface area contributed by atoms with E-state index < -0.39 is 0 Å². The molecule has 0 aliphatic carbocycles. The van der Waals surface area contributed by atoms with E-state index in [1.807, 2.05) is 0 Å². The quantitative estimate of drug-likeness (QED) is 0.681. The number of aryl methyl sites for hydroxylation is 2. The number of rotatable bonds is 3. The topological polar surface area (TPSA) is 0 Å². The van der Waals surface area contributed by atoms with Gasteiger partial charge >= 0.3 is 0 Å². The second-order valence-electron chi connectivity index (χ2n) is 4.29. The zero-order chi connectivity index (χ0) is 10.7. The van der Waals surface area contributed by atoms with Gasteiger partial charge in [-0.05, 0) is 36.1 Å². The molecule has 0 atom stereocenters. The second-order valence-corrected chi connectivity index (χ2v) is 4.29. The molecule has 0 fully saturated rings. The predicted molar refractivity (Wildman–Crippen MR) is 67.3 cm³/mol. The summed E-state index contributed by atoms with van der Waals surface area (Å²) < 4.78 is 0. The lowest BCUT2D eigenvalue weighted by molar-refractivity contribution is 0.796. The summed E-state index contributed by atoms with van der Waals surface area (Å²) in [6.45, 7) is 4.39. The zero-order valence-electron chi connectivity index (χ0n) is 9.59. The summed E-state index contributed by atoms with van der Waals surface area (Å²) in [6, 6.07) is 13.5. The summed E-state index contributed by atoms with van der Waals surface area (Å²) in [6.07, 6.45) is 3.77. The van der Waals surface area contributed by atoms with Crippen LogP contribution in [0.5, 0.6) is 0 Å². The predicted octanol–water partition coefficient (Wildman–Crippen LogP) is 4.49. The van der Waals surface area contributed by atoms with Gasteiger partial charge in [-0.25, -0.2) is 0 Å². The molecule has 15 heavy (non-hydrogen) atoms. The van der Waals surface area contributed by atoms with E-state index in [4.69, 9.17) is 0 Å². The van der Waals surface area contributed by atoms with E-state index in [0.717, 1.165) is 0 Å². The van der Waals surface area contributed by atoms with Gasteiger partial charge in [-0.2, -0.15) is 0 Å². The first kappa shape index (κ1) is 10.2. The molecule has 0 aliphatic rings. The molecule has 0 bridgehead atoms. The lowest BCUT2D eigenvalue weighted by Gasteiger charge is -2.03. The summed E-state index contributed by atoms with van der Waals surface area (Å²) in [7, 11) is 0. The van der Waals surface area contributed by atoms with Crippen LogP contribution in [0.3, 0.4) is 0 Å². The third-order valence-corrected chi connectivity index (χ3v) is 2.88. The minimum atomic E-state index is 1.21. The van der Waals surface area contributed by atoms with Crippen molar-refractivity contribution in [2.75, 3.05) is 0 Å². The van der Waals surface area contributed by atoms with Crippen LogP contribution in [-0.4, -0.2) is 0 Å². The molecule has 0 radical (unpaired) electrons. The van der Waals surface area contributed by atoms with E-state index in [2.05, 4.69) is 50.2 Å². The van der Waals surface area contributed by atoms with Gasteiger partial charge in [0.25, 0.3) is 0 Å². The number of unbranched alkanes of at least 4 members (excludes halogenated alkanes) is 1. The van der Waals surface area contributed by atoms with Crippen LogP contribution in [0.15, 0.2) is 36.4 Å². The van der Waals surface area contributed by atoms with Gasteiger partial charge in [0.15, 0.2) is 0 Å². The molecule has 0 heteroatoms. The summed E-state index contributed by atoms with van der Waals surface area (Å²) in [5.74, 6) is 0. The monoisotopic (exact) mass is 198 g/mol. The molecule has 0 saturated heterocycles. The van der Waals surface area contributed by atoms with Crippen LogP contribution in [-0.2, 0) is 6.42 Å². The van der Waals surface area contributed by atoms with E-state index in [1.54, 1.807) is 0 Å². The fourth-order valence-electron chi connectivity index (χ4n) is 1.95. The molecule has 0 nitrogen and oxygen atoms in total. The Balaban J connectivity index is 2.36. The maximum Gasteiger partial charge on any atom is -0.0179 e. The number of benzene rings is 2. The van der Waals surface area contributed by atoms with Crippen molar-refractivity contribution in [3.05, 3.63) is 47.5 Å². The Hall–Kier alpha value is -1.30. The van der Waals surface area contributed by atoms with Gasteiger partial charge in [-0.3, -0.25) is 0 Å². The first-order valence-corrected chi connectivity index (χ1v) is 5.79. The van der Waals surface area contributed by atoms with Crippen LogP contribution in [0, 0.1) is 6.92 Å². The van der Waals surface area contributed by atoms with Crippen LogP contribution in [0.25, 0.3) is 10.8 Å². The third kappa shape index (κ3) is 2.38. The SMILES string of the molecule is CCCCc1ccc2ccc(C)cc2c1. The van der Waals surface area contributed by atoms with Crippen LogP contribution >= 0.6 is 0 Å². The van der Waals surface area contributed by atoms with Crippen molar-refractivity contribution in [1.29, 1.82) is 0 Å². The second kappa shape index (κ2) is 4.48. The maximum absolute atomic E-state index is 2.33. The fraction of sp³-hybridized carbons (Fsp3) is 0.333. The molecule has 2 aromatic rings. The first-order valence-electron chi connectivity index (χ1n) is 5.79. The standard InChI is InChI=1S/C15H18/c1-3-4-5-13-7-9-14-8-6-12(2)10-15(14)11-13/h6-11H,3-5H2,1-2H3. The van der Waals surface area contributed by atoms with Crippen molar-refractivity contribution in [2.24, 2.45) is 0 Å². The van der Waals surface area contributed by atoms with Crippen LogP contribution in [0.4, 0.5) is 0 Å². The zero-order valence-corrected chi connectivity index (χ0v) is 9.59. The summed E-state index contributed by atoms with van der Waals surface area (Å²) in [4.78, 5) is 0. The van der Waals surface area contributed by atoms with Crippen molar-refractivity contribution in [3.8, 4) is 0 Å². The molecule has 0 unspecified atom stereocenters. The Bertz CT molecular complexity index is 455. The summed E-state index contributed by atoms with van der Waals surface area (Å²) in [5.41, 5.74) is 2.81. The maximum atomic E-state index is 2.33. The average molecular weight is 198 g/mol. The Morgan fingerprint density at radius 2 is 1.73 bits per heavy atom. The van der Waals surface area contributed by atoms with Crippen molar-refractivity contribution in [3.63, 3.8) is 0 Å². The molecule has 0 saturated carbocycles. The van der Waals surface area contributed by atoms with Gasteiger partial charge in [0.05, 0.1) is 0 Å². The molecular weight excluding hydrogens is 180 g/mol. The van der Waals surface area contributed by atoms with Crippen molar-refractivity contribution in [2.45, 2.75) is 33.1 Å². The lowest BCUT2D eigenvalue weighted by atomic mass is 10.0. The molecule has 0 amide bonds. The minimum Gasteiger partial charge on any atom is -0.0654 e. The van der Waals surface area contributed by atoms with Gasteiger partial charge in [0, 0.05) is 0 Å². The highest BCUT2D eigenvalue weighted by atomic mass is 14.0. The van der Waals surface area contributed by atoms with Gasteiger partial charge in [0.1, 0.15) is 0 Å². The van der Waals surface area contributed by atoms with Crippen molar-refractivity contribution >= 4 is 10.8 Å². The highest BCUT2D eigenvalue weighted by molar-refractivity contribution is 5.83. The lowest BCUT2D eigenvalue weighted by Crippen LogP contribution is -1.85. The molecular formula is C15H18. The largest absolute Gasteiger partial charge is 0.0654 e. The Morgan fingerprint density at radius 3 is 2.53 bits per heavy atom. The van der Waals surface area contributed by atoms with E-state index in [0.29, 0.717) is 0 Å². The van der Waals surface area contributed by atoms with Gasteiger partial charge in [-0.1, -0.05) is 55.3 Å². The van der Waals surface area contributed by atoms with Crippen molar-refractivity contribution < 1.29 is 0 Å². The van der Waals surface area contributed by atoms with Gasteiger partial charge < -0.3 is 0 Å². The van der Waals surface area contributed by atoms with Crippen LogP contribution in [0.2, 0.25) is 0 Å². The molecule has 0 aliphatic heterocycles. The van der Waals surface area contributed by atoms with Crippen LogP contribution in [0.1, 0.15) is 30.9 Å². The van der Waals surface area contributed by atoms with E-state index in [-0.39, 0.29) is 0 Å². The number of hydrogen-bond donors (Lipinski definition) is 0. The molecule has 78 valence electrons. The summed E-state index contributed by atoms with van der Waals surface area (Å²) in [5, 5.41) is 2.73. The Labute approximate surface area is 91.9 Å². The molecule has 0 N–H and O–H groups in total. The Morgan fingerprint density at radius 1 is 0.933 bits per heavy atom. The first-order chi connectivity index (χ1) is 7.29. The third-order valence-electron chi connectivity index (χ3n) is 2.88. The molecule has 2 aromatic carbocycles. The van der Waals surface area contributed by atoms with Gasteiger partial charge in [0.2, 0.25) is 0 Å². The van der Waals surface area contributed by atoms with Crippen molar-refractivity contribution in [1.82, 2.24) is 0 Å². The van der Waals surface area contributed by atoms with E-state index in [1.165, 1.54) is 41.2 Å². The minimum absolute atomic E-state index is 1.21. The highest BCUT2D eigenvalue weighted by Gasteiger charge is 1.96. The normalized spacial score (nSPS) is 10.8. The fourth-order valence-corrected chi connectivity index (χ4v) is 1.95. The highest BCUT2D eigenvalue weighted by Crippen LogP contribution is 2.18. The molecule has 0 aromatic heterocycles. The average Bonchev–Trinajstić information content (AvgIpc) is 2.25. The van der Waals surface area contributed by atoms with E-state index >= 15 is 0 Å². The van der Waals surface area contributed by atoms with Gasteiger partial charge in [-0.15, -0.1) is 0 Å². The Kier molecular flexibility index (Phi) is 3.05. The number of fused-ring (bicyclic) bond motifs is 1. The van der Waals surface area contributed by atoms with Crippen LogP contribution < -0.4 is 0 Å². The molecule has 2 rings (SSSR count). The summed E-state index contributed by atoms with van der Waals surface area (Å²) >= 11 is 0. The smallest absolute Gasteiger partial charge is 0.0179 e. The molecule has 0 heterocycles. The molecule has 0 spiro atoms. The number of hydrogen-bond acceptors (Lipinski definition) is 0.